The molecule has 0 radical (unpaired) electrons. The molecule has 0 spiro atoms. The number of nitrogens with zero attached hydrogens (tertiary/aromatic N) is 2. The van der Waals surface area contributed by atoms with Crippen molar-refractivity contribution < 1.29 is 9.53 Å². The molecule has 0 aromatic carbocycles. The topological polar surface area (TPSA) is 56.1 Å². The molecule has 1 saturated carbocycles. The number of rotatable bonds is 5. The summed E-state index contributed by atoms with van der Waals surface area (Å²) in [5.41, 5.74) is 1.77. The number of hydrogen-bond acceptors (Lipinski definition) is 4. The van der Waals surface area contributed by atoms with Crippen LogP contribution in [0, 0.1) is 5.41 Å². The molecule has 1 aliphatic carbocycles. The molecule has 1 heterocycles. The predicted molar refractivity (Wildman–Crippen MR) is 82.0 cm³/mol. The summed E-state index contributed by atoms with van der Waals surface area (Å²) in [7, 11) is 1.87. The minimum absolute atomic E-state index is 0.287. The molecule has 0 saturated heterocycles. The molecule has 21 heavy (non-hydrogen) atoms. The molecule has 118 valence electrons. The Labute approximate surface area is 127 Å². The normalized spacial score (nSPS) is 21.2. The Morgan fingerprint density at radius 3 is 2.95 bits per heavy atom. The van der Waals surface area contributed by atoms with Gasteiger partial charge in [0.1, 0.15) is 5.56 Å². The van der Waals surface area contributed by atoms with Crippen LogP contribution in [0.25, 0.3) is 0 Å². The number of nitrogens with one attached hydrogen (secondary N) is 1. The lowest BCUT2D eigenvalue weighted by Gasteiger charge is -2.39. The van der Waals surface area contributed by atoms with Gasteiger partial charge in [-0.1, -0.05) is 26.7 Å². The Morgan fingerprint density at radius 1 is 1.52 bits per heavy atom. The van der Waals surface area contributed by atoms with Crippen molar-refractivity contribution in [2.45, 2.75) is 59.0 Å². The van der Waals surface area contributed by atoms with Gasteiger partial charge in [0, 0.05) is 19.6 Å². The molecule has 5 nitrogen and oxygen atoms in total. The van der Waals surface area contributed by atoms with Crippen molar-refractivity contribution >= 4 is 5.97 Å². The quantitative estimate of drug-likeness (QED) is 0.848. The molecule has 0 amide bonds. The number of carbonyl (C=O) groups is 1. The van der Waals surface area contributed by atoms with Gasteiger partial charge in [-0.15, -0.1) is 0 Å². The number of carbonyl (C=O) groups excluding carboxylic acids is 1. The first-order valence-electron chi connectivity index (χ1n) is 7.87. The zero-order valence-corrected chi connectivity index (χ0v) is 13.6. The monoisotopic (exact) mass is 293 g/mol. The van der Waals surface area contributed by atoms with E-state index in [-0.39, 0.29) is 5.97 Å². The molecule has 1 fully saturated rings. The third-order valence-corrected chi connectivity index (χ3v) is 4.58. The highest BCUT2D eigenvalue weighted by atomic mass is 16.5. The lowest BCUT2D eigenvalue weighted by atomic mass is 9.73. The predicted octanol–water partition coefficient (Wildman–Crippen LogP) is 2.66. The number of esters is 1. The fourth-order valence-corrected chi connectivity index (χ4v) is 3.14. The van der Waals surface area contributed by atoms with Gasteiger partial charge in [0.25, 0.3) is 0 Å². The average Bonchev–Trinajstić information content (AvgIpc) is 2.79. The second kappa shape index (κ2) is 6.60. The molecule has 1 unspecified atom stereocenters. The van der Waals surface area contributed by atoms with E-state index in [0.717, 1.165) is 5.69 Å². The highest BCUT2D eigenvalue weighted by Crippen LogP contribution is 2.35. The van der Waals surface area contributed by atoms with E-state index in [0.29, 0.717) is 30.2 Å². The van der Waals surface area contributed by atoms with Crippen molar-refractivity contribution in [3.63, 3.8) is 0 Å². The van der Waals surface area contributed by atoms with E-state index in [2.05, 4.69) is 24.3 Å². The molecule has 1 aromatic heterocycles. The maximum atomic E-state index is 12.0. The van der Waals surface area contributed by atoms with Crippen molar-refractivity contribution in [2.24, 2.45) is 12.5 Å². The molecule has 2 rings (SSSR count). The van der Waals surface area contributed by atoms with E-state index in [1.807, 2.05) is 14.0 Å². The summed E-state index contributed by atoms with van der Waals surface area (Å²) in [6, 6.07) is 0.483. The van der Waals surface area contributed by atoms with E-state index in [9.17, 15) is 4.79 Å². The summed E-state index contributed by atoms with van der Waals surface area (Å²) >= 11 is 0. The maximum absolute atomic E-state index is 12.0. The van der Waals surface area contributed by atoms with Gasteiger partial charge in [-0.05, 0) is 25.2 Å². The second-order valence-corrected chi connectivity index (χ2v) is 6.52. The van der Waals surface area contributed by atoms with Gasteiger partial charge < -0.3 is 10.1 Å². The Morgan fingerprint density at radius 2 is 2.29 bits per heavy atom. The van der Waals surface area contributed by atoms with Gasteiger partial charge in [-0.25, -0.2) is 4.79 Å². The molecule has 1 N–H and O–H groups in total. The van der Waals surface area contributed by atoms with Gasteiger partial charge >= 0.3 is 5.97 Å². The standard InChI is InChI=1S/C16H27N3O2/c1-5-21-15(20)12-10-18-19(4)13(12)11-17-14-8-6-7-9-16(14,2)3/h10,14,17H,5-9,11H2,1-4H3. The first-order valence-corrected chi connectivity index (χ1v) is 7.87. The van der Waals surface area contributed by atoms with Gasteiger partial charge in [0.15, 0.2) is 0 Å². The van der Waals surface area contributed by atoms with Crippen LogP contribution in [-0.2, 0) is 18.3 Å². The largest absolute Gasteiger partial charge is 0.462 e. The Bertz CT molecular complexity index is 494. The van der Waals surface area contributed by atoms with Crippen LogP contribution in [0.15, 0.2) is 6.20 Å². The summed E-state index contributed by atoms with van der Waals surface area (Å²) in [4.78, 5) is 12.0. The van der Waals surface area contributed by atoms with Crippen molar-refractivity contribution in [3.8, 4) is 0 Å². The molecule has 1 aliphatic rings. The first kappa shape index (κ1) is 16.0. The Balaban J connectivity index is 2.06. The molecule has 0 aliphatic heterocycles. The van der Waals surface area contributed by atoms with Gasteiger partial charge in [0.05, 0.1) is 18.5 Å². The number of aromatic nitrogens is 2. The SMILES string of the molecule is CCOC(=O)c1cnn(C)c1CNC1CCCCC1(C)C. The Kier molecular flexibility index (Phi) is 5.04. The van der Waals surface area contributed by atoms with Crippen molar-refractivity contribution in [2.75, 3.05) is 6.61 Å². The van der Waals surface area contributed by atoms with Crippen LogP contribution < -0.4 is 5.32 Å². The van der Waals surface area contributed by atoms with Crippen LogP contribution in [0.4, 0.5) is 0 Å². The van der Waals surface area contributed by atoms with Gasteiger partial charge in [-0.2, -0.15) is 5.10 Å². The lowest BCUT2D eigenvalue weighted by molar-refractivity contribution is 0.0524. The first-order chi connectivity index (χ1) is 9.95. The maximum Gasteiger partial charge on any atom is 0.341 e. The fraction of sp³-hybridized carbons (Fsp3) is 0.750. The highest BCUT2D eigenvalue weighted by Gasteiger charge is 2.32. The fourth-order valence-electron chi connectivity index (χ4n) is 3.14. The van der Waals surface area contributed by atoms with Crippen LogP contribution in [0.2, 0.25) is 0 Å². The highest BCUT2D eigenvalue weighted by molar-refractivity contribution is 5.90. The number of hydrogen-bond donors (Lipinski definition) is 1. The molecule has 5 heteroatoms. The molecular formula is C16H27N3O2. The van der Waals surface area contributed by atoms with Gasteiger partial charge in [0.2, 0.25) is 0 Å². The summed E-state index contributed by atoms with van der Waals surface area (Å²) in [6.45, 7) is 7.49. The summed E-state index contributed by atoms with van der Waals surface area (Å²) in [5, 5.41) is 7.82. The third-order valence-electron chi connectivity index (χ3n) is 4.58. The second-order valence-electron chi connectivity index (χ2n) is 6.52. The van der Waals surface area contributed by atoms with Crippen molar-refractivity contribution in [3.05, 3.63) is 17.5 Å². The van der Waals surface area contributed by atoms with Crippen LogP contribution in [0.3, 0.4) is 0 Å². The smallest absolute Gasteiger partial charge is 0.341 e. The third kappa shape index (κ3) is 3.64. The van der Waals surface area contributed by atoms with E-state index in [4.69, 9.17) is 4.74 Å². The number of ether oxygens (including phenoxy) is 1. The average molecular weight is 293 g/mol. The molecule has 1 aromatic rings. The molecule has 1 atom stereocenters. The minimum Gasteiger partial charge on any atom is -0.462 e. The number of aryl methyl sites for hydroxylation is 1. The molecular weight excluding hydrogens is 266 g/mol. The van der Waals surface area contributed by atoms with E-state index in [1.54, 1.807) is 10.9 Å². The van der Waals surface area contributed by atoms with Crippen molar-refractivity contribution in [1.29, 1.82) is 0 Å². The summed E-state index contributed by atoms with van der Waals surface area (Å²) in [6.07, 6.45) is 6.63. The van der Waals surface area contributed by atoms with E-state index < -0.39 is 0 Å². The lowest BCUT2D eigenvalue weighted by Crippen LogP contribution is -2.44. The zero-order valence-electron chi connectivity index (χ0n) is 13.6. The Hall–Kier alpha value is -1.36. The molecule has 0 bridgehead atoms. The minimum atomic E-state index is -0.287. The van der Waals surface area contributed by atoms with Crippen molar-refractivity contribution in [1.82, 2.24) is 15.1 Å². The zero-order chi connectivity index (χ0) is 15.5. The van der Waals surface area contributed by atoms with E-state index in [1.165, 1.54) is 25.7 Å². The van der Waals surface area contributed by atoms with Crippen LogP contribution in [0.5, 0.6) is 0 Å². The van der Waals surface area contributed by atoms with Crippen LogP contribution >= 0.6 is 0 Å². The van der Waals surface area contributed by atoms with Gasteiger partial charge in [-0.3, -0.25) is 4.68 Å². The van der Waals surface area contributed by atoms with Crippen LogP contribution in [0.1, 0.15) is 62.5 Å². The van der Waals surface area contributed by atoms with E-state index >= 15 is 0 Å². The summed E-state index contributed by atoms with van der Waals surface area (Å²) in [5.74, 6) is -0.287. The summed E-state index contributed by atoms with van der Waals surface area (Å²) < 4.78 is 6.85. The van der Waals surface area contributed by atoms with Crippen LogP contribution in [-0.4, -0.2) is 28.4 Å².